The molecule has 1 unspecified atom stereocenters. The first kappa shape index (κ1) is 14.0. The van der Waals surface area contributed by atoms with Crippen LogP contribution in [-0.2, 0) is 6.54 Å². The monoisotopic (exact) mass is 283 g/mol. The molecule has 1 aromatic heterocycles. The Labute approximate surface area is 116 Å². The van der Waals surface area contributed by atoms with Gasteiger partial charge in [-0.25, -0.2) is 9.37 Å². The molecule has 2 N–H and O–H groups in total. The Hall–Kier alpha value is -1.43. The smallest absolute Gasteiger partial charge is 0.201 e. The SMILES string of the molecule is COc1cc2c(cc1F)nc(N)n2CC(C)CSC. The zero-order valence-electron chi connectivity index (χ0n) is 11.3. The minimum atomic E-state index is -0.420. The minimum Gasteiger partial charge on any atom is -0.494 e. The first-order chi connectivity index (χ1) is 9.06. The van der Waals surface area contributed by atoms with Gasteiger partial charge in [0.15, 0.2) is 11.6 Å². The van der Waals surface area contributed by atoms with Crippen LogP contribution in [0.2, 0.25) is 0 Å². The van der Waals surface area contributed by atoms with E-state index in [1.54, 1.807) is 17.8 Å². The Balaban J connectivity index is 2.45. The highest BCUT2D eigenvalue weighted by Crippen LogP contribution is 2.27. The lowest BCUT2D eigenvalue weighted by molar-refractivity contribution is 0.387. The second-order valence-electron chi connectivity index (χ2n) is 4.62. The van der Waals surface area contributed by atoms with Gasteiger partial charge in [-0.15, -0.1) is 0 Å². The summed E-state index contributed by atoms with van der Waals surface area (Å²) < 4.78 is 20.5. The number of nitrogen functional groups attached to an aromatic ring is 1. The van der Waals surface area contributed by atoms with E-state index in [0.29, 0.717) is 17.4 Å². The fraction of sp³-hybridized carbons (Fsp3) is 0.462. The summed E-state index contributed by atoms with van der Waals surface area (Å²) in [5.74, 6) is 1.71. The van der Waals surface area contributed by atoms with Crippen molar-refractivity contribution in [3.8, 4) is 5.75 Å². The molecule has 2 aromatic rings. The maximum Gasteiger partial charge on any atom is 0.201 e. The predicted molar refractivity (Wildman–Crippen MR) is 78.2 cm³/mol. The van der Waals surface area contributed by atoms with Gasteiger partial charge >= 0.3 is 0 Å². The Morgan fingerprint density at radius 2 is 2.26 bits per heavy atom. The first-order valence-corrected chi connectivity index (χ1v) is 7.44. The van der Waals surface area contributed by atoms with Crippen molar-refractivity contribution in [1.29, 1.82) is 0 Å². The normalized spacial score (nSPS) is 12.8. The van der Waals surface area contributed by atoms with Gasteiger partial charge in [-0.05, 0) is 17.9 Å². The molecule has 2 rings (SSSR count). The molecule has 0 fully saturated rings. The van der Waals surface area contributed by atoms with E-state index in [-0.39, 0.29) is 5.75 Å². The molecule has 4 nitrogen and oxygen atoms in total. The van der Waals surface area contributed by atoms with E-state index in [2.05, 4.69) is 18.2 Å². The van der Waals surface area contributed by atoms with Gasteiger partial charge in [0.1, 0.15) is 0 Å². The van der Waals surface area contributed by atoms with Crippen LogP contribution in [0.4, 0.5) is 10.3 Å². The van der Waals surface area contributed by atoms with Crippen LogP contribution >= 0.6 is 11.8 Å². The number of thioether (sulfide) groups is 1. The number of hydrogen-bond donors (Lipinski definition) is 1. The van der Waals surface area contributed by atoms with E-state index in [1.165, 1.54) is 13.2 Å². The van der Waals surface area contributed by atoms with Crippen molar-refractivity contribution >= 4 is 28.7 Å². The Morgan fingerprint density at radius 1 is 1.53 bits per heavy atom. The quantitative estimate of drug-likeness (QED) is 0.916. The van der Waals surface area contributed by atoms with Crippen LogP contribution in [0.1, 0.15) is 6.92 Å². The van der Waals surface area contributed by atoms with Crippen LogP contribution in [0.3, 0.4) is 0 Å². The van der Waals surface area contributed by atoms with Crippen molar-refractivity contribution in [3.05, 3.63) is 17.9 Å². The number of nitrogens with zero attached hydrogens (tertiary/aromatic N) is 2. The number of hydrogen-bond acceptors (Lipinski definition) is 4. The predicted octanol–water partition coefficient (Wildman–Crippen LogP) is 2.77. The number of benzene rings is 1. The number of nitrogens with two attached hydrogens (primary N) is 1. The number of anilines is 1. The number of imidazole rings is 1. The molecule has 6 heteroatoms. The number of halogens is 1. The molecule has 0 aliphatic heterocycles. The molecule has 0 saturated heterocycles. The molecule has 0 aliphatic carbocycles. The van der Waals surface area contributed by atoms with Gasteiger partial charge in [0.2, 0.25) is 5.95 Å². The molecule has 1 aromatic carbocycles. The fourth-order valence-electron chi connectivity index (χ4n) is 2.14. The van der Waals surface area contributed by atoms with Crippen LogP contribution in [0.15, 0.2) is 12.1 Å². The van der Waals surface area contributed by atoms with Gasteiger partial charge in [0.05, 0.1) is 18.1 Å². The number of methoxy groups -OCH3 is 1. The molecule has 1 heterocycles. The molecule has 19 heavy (non-hydrogen) atoms. The summed E-state index contributed by atoms with van der Waals surface area (Å²) in [6, 6.07) is 3.01. The van der Waals surface area contributed by atoms with Crippen LogP contribution < -0.4 is 10.5 Å². The standard InChI is InChI=1S/C13H18FN3OS/c1-8(7-19-3)6-17-11-5-12(18-2)9(14)4-10(11)16-13(17)15/h4-5,8H,6-7H2,1-3H3,(H2,15,16). The van der Waals surface area contributed by atoms with Crippen LogP contribution in [-0.4, -0.2) is 28.7 Å². The van der Waals surface area contributed by atoms with Crippen molar-refractivity contribution in [2.24, 2.45) is 5.92 Å². The highest BCUT2D eigenvalue weighted by atomic mass is 32.2. The molecule has 0 aliphatic rings. The summed E-state index contributed by atoms with van der Waals surface area (Å²) in [4.78, 5) is 4.20. The summed E-state index contributed by atoms with van der Waals surface area (Å²) in [5.41, 5.74) is 7.29. The molecule has 1 atom stereocenters. The number of ether oxygens (including phenoxy) is 1. The third-order valence-electron chi connectivity index (χ3n) is 3.00. The highest BCUT2D eigenvalue weighted by molar-refractivity contribution is 7.98. The van der Waals surface area contributed by atoms with E-state index in [0.717, 1.165) is 17.8 Å². The zero-order valence-corrected chi connectivity index (χ0v) is 12.1. The van der Waals surface area contributed by atoms with Crippen molar-refractivity contribution in [1.82, 2.24) is 9.55 Å². The Kier molecular flexibility index (Phi) is 4.19. The highest BCUT2D eigenvalue weighted by Gasteiger charge is 2.14. The van der Waals surface area contributed by atoms with Crippen LogP contribution in [0.25, 0.3) is 11.0 Å². The molecular weight excluding hydrogens is 265 g/mol. The summed E-state index contributed by atoms with van der Waals surface area (Å²) in [6.45, 7) is 2.92. The lowest BCUT2D eigenvalue weighted by Crippen LogP contribution is -2.12. The van der Waals surface area contributed by atoms with Gasteiger partial charge in [0, 0.05) is 18.7 Å². The lowest BCUT2D eigenvalue weighted by atomic mass is 10.2. The average molecular weight is 283 g/mol. The third-order valence-corrected chi connectivity index (χ3v) is 3.90. The van der Waals surface area contributed by atoms with Crippen molar-refractivity contribution < 1.29 is 9.13 Å². The molecule has 0 amide bonds. The molecule has 0 saturated carbocycles. The molecule has 0 spiro atoms. The zero-order chi connectivity index (χ0) is 14.0. The largest absolute Gasteiger partial charge is 0.494 e. The van der Waals surface area contributed by atoms with E-state index in [9.17, 15) is 4.39 Å². The van der Waals surface area contributed by atoms with E-state index in [4.69, 9.17) is 10.5 Å². The number of aromatic nitrogens is 2. The summed E-state index contributed by atoms with van der Waals surface area (Å²) in [7, 11) is 1.45. The molecule has 104 valence electrons. The van der Waals surface area contributed by atoms with Gasteiger partial charge < -0.3 is 15.0 Å². The van der Waals surface area contributed by atoms with Crippen molar-refractivity contribution in [2.45, 2.75) is 13.5 Å². The third kappa shape index (κ3) is 2.78. The average Bonchev–Trinajstić information content (AvgIpc) is 2.64. The number of rotatable bonds is 5. The second-order valence-corrected chi connectivity index (χ2v) is 5.53. The Bertz CT molecular complexity index is 585. The van der Waals surface area contributed by atoms with Crippen LogP contribution in [0.5, 0.6) is 5.75 Å². The second kappa shape index (κ2) is 5.69. The molecule has 0 radical (unpaired) electrons. The molecular formula is C13H18FN3OS. The van der Waals surface area contributed by atoms with E-state index in [1.807, 2.05) is 4.57 Å². The van der Waals surface area contributed by atoms with Crippen LogP contribution in [0, 0.1) is 11.7 Å². The summed E-state index contributed by atoms with van der Waals surface area (Å²) >= 11 is 1.79. The van der Waals surface area contributed by atoms with Gasteiger partial charge in [-0.3, -0.25) is 0 Å². The Morgan fingerprint density at radius 3 is 2.89 bits per heavy atom. The van der Waals surface area contributed by atoms with E-state index >= 15 is 0 Å². The van der Waals surface area contributed by atoms with Gasteiger partial charge in [0.25, 0.3) is 0 Å². The first-order valence-electron chi connectivity index (χ1n) is 6.05. The maximum absolute atomic E-state index is 13.6. The van der Waals surface area contributed by atoms with Crippen molar-refractivity contribution in [3.63, 3.8) is 0 Å². The van der Waals surface area contributed by atoms with Gasteiger partial charge in [-0.1, -0.05) is 6.92 Å². The van der Waals surface area contributed by atoms with Gasteiger partial charge in [-0.2, -0.15) is 11.8 Å². The lowest BCUT2D eigenvalue weighted by Gasteiger charge is -2.13. The maximum atomic E-state index is 13.6. The molecule has 0 bridgehead atoms. The van der Waals surface area contributed by atoms with Crippen molar-refractivity contribution in [2.75, 3.05) is 24.9 Å². The summed E-state index contributed by atoms with van der Waals surface area (Å²) in [6.07, 6.45) is 2.07. The topological polar surface area (TPSA) is 53.1 Å². The minimum absolute atomic E-state index is 0.214. The van der Waals surface area contributed by atoms with E-state index < -0.39 is 5.82 Å². The number of fused-ring (bicyclic) bond motifs is 1. The fourth-order valence-corrected chi connectivity index (χ4v) is 2.82. The summed E-state index contributed by atoms with van der Waals surface area (Å²) in [5, 5.41) is 0.